The molecule has 24 heavy (non-hydrogen) atoms. The highest BCUT2D eigenvalue weighted by Gasteiger charge is 2.09. The van der Waals surface area contributed by atoms with Gasteiger partial charge in [-0.3, -0.25) is 4.57 Å². The van der Waals surface area contributed by atoms with Crippen LogP contribution in [-0.2, 0) is 18.7 Å². The summed E-state index contributed by atoms with van der Waals surface area (Å²) < 4.78 is 6.93. The highest BCUT2D eigenvalue weighted by atomic mass is 32.2. The van der Waals surface area contributed by atoms with Crippen LogP contribution in [0, 0.1) is 0 Å². The highest BCUT2D eigenvalue weighted by molar-refractivity contribution is 7.98. The number of thioether (sulfide) groups is 1. The minimum Gasteiger partial charge on any atom is -0.497 e. The number of nitrogens with zero attached hydrogens (tertiary/aromatic N) is 2. The summed E-state index contributed by atoms with van der Waals surface area (Å²) in [5.74, 6) is 1.56. The van der Waals surface area contributed by atoms with Gasteiger partial charge in [-0.2, -0.15) is 0 Å². The molecule has 5 nitrogen and oxygen atoms in total. The van der Waals surface area contributed by atoms with E-state index >= 15 is 0 Å². The molecule has 1 aromatic heterocycles. The van der Waals surface area contributed by atoms with E-state index in [-0.39, 0.29) is 5.69 Å². The van der Waals surface area contributed by atoms with Gasteiger partial charge in [-0.05, 0) is 29.7 Å². The average Bonchev–Trinajstić information content (AvgIpc) is 2.99. The minimum atomic E-state index is -0.168. The SMILES string of the molecule is COc1cccc(CSc2n[nH]c(=O)n2CCc2ccccc2)c1. The first kappa shape index (κ1) is 16.4. The molecule has 1 heterocycles. The zero-order valence-corrected chi connectivity index (χ0v) is 14.3. The van der Waals surface area contributed by atoms with Crippen LogP contribution in [0.15, 0.2) is 64.5 Å². The largest absolute Gasteiger partial charge is 0.497 e. The lowest BCUT2D eigenvalue weighted by atomic mass is 10.1. The highest BCUT2D eigenvalue weighted by Crippen LogP contribution is 2.22. The van der Waals surface area contributed by atoms with Crippen LogP contribution in [0.5, 0.6) is 5.75 Å². The molecule has 0 radical (unpaired) electrons. The summed E-state index contributed by atoms with van der Waals surface area (Å²) in [6.07, 6.45) is 0.799. The number of nitrogens with one attached hydrogen (secondary N) is 1. The summed E-state index contributed by atoms with van der Waals surface area (Å²) in [7, 11) is 1.65. The number of hydrogen-bond donors (Lipinski definition) is 1. The molecule has 6 heteroatoms. The molecule has 3 aromatic rings. The molecule has 0 saturated heterocycles. The van der Waals surface area contributed by atoms with Crippen LogP contribution < -0.4 is 10.4 Å². The maximum absolute atomic E-state index is 12.0. The Balaban J connectivity index is 1.67. The van der Waals surface area contributed by atoms with E-state index in [0.29, 0.717) is 11.7 Å². The van der Waals surface area contributed by atoms with E-state index in [2.05, 4.69) is 22.3 Å². The van der Waals surface area contributed by atoms with Gasteiger partial charge in [0, 0.05) is 12.3 Å². The summed E-state index contributed by atoms with van der Waals surface area (Å²) in [6, 6.07) is 18.0. The van der Waals surface area contributed by atoms with Crippen LogP contribution in [0.2, 0.25) is 0 Å². The number of hydrogen-bond acceptors (Lipinski definition) is 4. The number of ether oxygens (including phenoxy) is 1. The molecule has 0 unspecified atom stereocenters. The van der Waals surface area contributed by atoms with Gasteiger partial charge in [0.15, 0.2) is 5.16 Å². The third-order valence-corrected chi connectivity index (χ3v) is 4.74. The molecular formula is C18H19N3O2S. The van der Waals surface area contributed by atoms with Crippen molar-refractivity contribution in [3.63, 3.8) is 0 Å². The van der Waals surface area contributed by atoms with Crippen LogP contribution in [0.25, 0.3) is 0 Å². The van der Waals surface area contributed by atoms with Gasteiger partial charge >= 0.3 is 5.69 Å². The third kappa shape index (κ3) is 4.08. The summed E-state index contributed by atoms with van der Waals surface area (Å²) in [6.45, 7) is 0.611. The molecule has 2 aromatic carbocycles. The van der Waals surface area contributed by atoms with E-state index in [1.807, 2.05) is 42.5 Å². The number of aromatic amines is 1. The molecule has 3 rings (SSSR count). The molecule has 0 saturated carbocycles. The first-order chi connectivity index (χ1) is 11.8. The first-order valence-electron chi connectivity index (χ1n) is 7.71. The Kier molecular flexibility index (Phi) is 5.38. The molecule has 0 atom stereocenters. The van der Waals surface area contributed by atoms with E-state index in [1.54, 1.807) is 23.4 Å². The second-order valence-electron chi connectivity index (χ2n) is 5.34. The van der Waals surface area contributed by atoms with Gasteiger partial charge in [0.2, 0.25) is 0 Å². The van der Waals surface area contributed by atoms with Crippen LogP contribution >= 0.6 is 11.8 Å². The number of benzene rings is 2. The predicted molar refractivity (Wildman–Crippen MR) is 95.5 cm³/mol. The lowest BCUT2D eigenvalue weighted by Crippen LogP contribution is -2.18. The van der Waals surface area contributed by atoms with Gasteiger partial charge < -0.3 is 4.74 Å². The first-order valence-corrected chi connectivity index (χ1v) is 8.69. The standard InChI is InChI=1S/C18H19N3O2S/c1-23-16-9-5-8-15(12-16)13-24-18-20-19-17(22)21(18)11-10-14-6-3-2-4-7-14/h2-9,12H,10-11,13H2,1H3,(H,19,22). The molecule has 0 spiro atoms. The van der Waals surface area contributed by atoms with Gasteiger partial charge in [0.1, 0.15) is 5.75 Å². The van der Waals surface area contributed by atoms with E-state index < -0.39 is 0 Å². The van der Waals surface area contributed by atoms with Crippen molar-refractivity contribution in [1.82, 2.24) is 14.8 Å². The van der Waals surface area contributed by atoms with Crippen molar-refractivity contribution >= 4 is 11.8 Å². The monoisotopic (exact) mass is 341 g/mol. The fraction of sp³-hybridized carbons (Fsp3) is 0.222. The van der Waals surface area contributed by atoms with Crippen LogP contribution in [0.1, 0.15) is 11.1 Å². The smallest absolute Gasteiger partial charge is 0.343 e. The second kappa shape index (κ2) is 7.88. The minimum absolute atomic E-state index is 0.168. The number of aryl methyl sites for hydroxylation is 1. The summed E-state index contributed by atoms with van der Waals surface area (Å²) in [5, 5.41) is 7.39. The molecule has 1 N–H and O–H groups in total. The van der Waals surface area contributed by atoms with Crippen molar-refractivity contribution in [1.29, 1.82) is 0 Å². The zero-order valence-electron chi connectivity index (χ0n) is 13.4. The zero-order chi connectivity index (χ0) is 16.8. The summed E-state index contributed by atoms with van der Waals surface area (Å²) >= 11 is 1.54. The lowest BCUT2D eigenvalue weighted by molar-refractivity contribution is 0.414. The molecule has 0 amide bonds. The predicted octanol–water partition coefficient (Wildman–Crippen LogP) is 3.12. The van der Waals surface area contributed by atoms with Crippen molar-refractivity contribution in [3.8, 4) is 5.75 Å². The molecule has 124 valence electrons. The topological polar surface area (TPSA) is 59.9 Å². The Morgan fingerprint density at radius 1 is 1.12 bits per heavy atom. The third-order valence-electron chi connectivity index (χ3n) is 3.69. The Morgan fingerprint density at radius 2 is 1.92 bits per heavy atom. The van der Waals surface area contributed by atoms with Gasteiger partial charge in [-0.15, -0.1) is 5.10 Å². The van der Waals surface area contributed by atoms with Gasteiger partial charge in [-0.1, -0.05) is 54.2 Å². The molecule has 0 aliphatic rings. The molecule has 0 fully saturated rings. The van der Waals surface area contributed by atoms with Crippen molar-refractivity contribution in [2.75, 3.05) is 7.11 Å². The van der Waals surface area contributed by atoms with E-state index in [9.17, 15) is 4.79 Å². The van der Waals surface area contributed by atoms with E-state index in [0.717, 1.165) is 23.5 Å². The maximum atomic E-state index is 12.0. The van der Waals surface area contributed by atoms with Crippen molar-refractivity contribution in [2.24, 2.45) is 0 Å². The molecule has 0 aliphatic heterocycles. The Morgan fingerprint density at radius 3 is 2.71 bits per heavy atom. The quantitative estimate of drug-likeness (QED) is 0.671. The Labute approximate surface area is 144 Å². The summed E-state index contributed by atoms with van der Waals surface area (Å²) in [5.41, 5.74) is 2.16. The van der Waals surface area contributed by atoms with Crippen LogP contribution in [0.3, 0.4) is 0 Å². The van der Waals surface area contributed by atoms with Gasteiger partial charge in [-0.25, -0.2) is 9.89 Å². The van der Waals surface area contributed by atoms with E-state index in [1.165, 1.54) is 5.56 Å². The van der Waals surface area contributed by atoms with Gasteiger partial charge in [0.05, 0.1) is 7.11 Å². The Hall–Kier alpha value is -2.47. The fourth-order valence-electron chi connectivity index (χ4n) is 2.41. The normalized spacial score (nSPS) is 10.7. The van der Waals surface area contributed by atoms with Crippen molar-refractivity contribution < 1.29 is 4.74 Å². The lowest BCUT2D eigenvalue weighted by Gasteiger charge is -2.07. The number of rotatable bonds is 7. The maximum Gasteiger partial charge on any atom is 0.343 e. The van der Waals surface area contributed by atoms with Crippen molar-refractivity contribution in [3.05, 3.63) is 76.2 Å². The van der Waals surface area contributed by atoms with Crippen molar-refractivity contribution in [2.45, 2.75) is 23.9 Å². The van der Waals surface area contributed by atoms with E-state index in [4.69, 9.17) is 4.74 Å². The summed E-state index contributed by atoms with van der Waals surface area (Å²) in [4.78, 5) is 12.0. The van der Waals surface area contributed by atoms with Crippen LogP contribution in [0.4, 0.5) is 0 Å². The fourth-order valence-corrected chi connectivity index (χ4v) is 3.32. The second-order valence-corrected chi connectivity index (χ2v) is 6.28. The average molecular weight is 341 g/mol. The van der Waals surface area contributed by atoms with Crippen LogP contribution in [-0.4, -0.2) is 21.9 Å². The molecule has 0 aliphatic carbocycles. The molecular weight excluding hydrogens is 322 g/mol. The molecule has 0 bridgehead atoms. The number of methoxy groups -OCH3 is 1. The Bertz CT molecular complexity index is 843. The van der Waals surface area contributed by atoms with Gasteiger partial charge in [0.25, 0.3) is 0 Å². The number of aromatic nitrogens is 3. The number of H-pyrrole nitrogens is 1.